The third-order valence-corrected chi connectivity index (χ3v) is 4.95. The fourth-order valence-electron chi connectivity index (χ4n) is 3.40. The number of rotatable bonds is 6. The van der Waals surface area contributed by atoms with Crippen LogP contribution in [0.25, 0.3) is 0 Å². The molecule has 3 rings (SSSR count). The molecule has 142 valence electrons. The van der Waals surface area contributed by atoms with Gasteiger partial charge in [0.25, 0.3) is 11.6 Å². The molecule has 27 heavy (non-hydrogen) atoms. The lowest BCUT2D eigenvalue weighted by Crippen LogP contribution is -2.18. The Morgan fingerprint density at radius 1 is 1.26 bits per heavy atom. The lowest BCUT2D eigenvalue weighted by Gasteiger charge is -2.22. The smallest absolute Gasteiger partial charge is 0.273 e. The molecule has 0 atom stereocenters. The molecule has 1 fully saturated rings. The Bertz CT molecular complexity index is 832. The first-order valence-corrected chi connectivity index (χ1v) is 9.19. The van der Waals surface area contributed by atoms with E-state index in [0.717, 1.165) is 12.8 Å². The number of hydrogen-bond donors (Lipinski definition) is 1. The molecule has 0 spiro atoms. The van der Waals surface area contributed by atoms with Crippen molar-refractivity contribution >= 4 is 17.4 Å². The maximum Gasteiger partial charge on any atom is 0.273 e. The van der Waals surface area contributed by atoms with Gasteiger partial charge in [0.2, 0.25) is 0 Å². The number of benzene rings is 1. The van der Waals surface area contributed by atoms with Gasteiger partial charge in [0.1, 0.15) is 0 Å². The quantitative estimate of drug-likeness (QED) is 0.597. The molecular formula is C20H23N3O4. The Balaban J connectivity index is 1.73. The van der Waals surface area contributed by atoms with Gasteiger partial charge >= 0.3 is 0 Å². The van der Waals surface area contributed by atoms with Crippen LogP contribution in [0.3, 0.4) is 0 Å². The molecule has 2 aromatic rings. The maximum atomic E-state index is 12.6. The van der Waals surface area contributed by atoms with Crippen LogP contribution in [-0.2, 0) is 0 Å². The van der Waals surface area contributed by atoms with Gasteiger partial charge in [-0.3, -0.25) is 14.9 Å². The number of carbonyl (C=O) groups is 1. The second-order valence-corrected chi connectivity index (χ2v) is 6.83. The second kappa shape index (κ2) is 8.62. The molecule has 1 aromatic carbocycles. The number of pyridine rings is 1. The number of nitro benzene ring substituents is 1. The first-order valence-electron chi connectivity index (χ1n) is 9.19. The summed E-state index contributed by atoms with van der Waals surface area (Å²) < 4.78 is 5.92. The summed E-state index contributed by atoms with van der Waals surface area (Å²) >= 11 is 0. The lowest BCUT2D eigenvalue weighted by atomic mass is 9.90. The van der Waals surface area contributed by atoms with Gasteiger partial charge in [-0.15, -0.1) is 0 Å². The molecule has 1 aromatic heterocycles. The highest BCUT2D eigenvalue weighted by Crippen LogP contribution is 2.28. The molecule has 7 heteroatoms. The molecule has 1 amide bonds. The first kappa shape index (κ1) is 18.8. The largest absolute Gasteiger partial charge is 0.489 e. The van der Waals surface area contributed by atoms with Gasteiger partial charge in [0, 0.05) is 23.4 Å². The van der Waals surface area contributed by atoms with Gasteiger partial charge in [-0.2, -0.15) is 0 Å². The van der Waals surface area contributed by atoms with E-state index in [4.69, 9.17) is 4.74 Å². The van der Waals surface area contributed by atoms with E-state index in [-0.39, 0.29) is 11.3 Å². The minimum atomic E-state index is -0.494. The van der Waals surface area contributed by atoms with E-state index in [1.54, 1.807) is 31.3 Å². The lowest BCUT2D eigenvalue weighted by molar-refractivity contribution is -0.385. The molecule has 0 saturated heterocycles. The summed E-state index contributed by atoms with van der Waals surface area (Å²) in [5, 5.41) is 13.8. The minimum Gasteiger partial charge on any atom is -0.489 e. The summed E-state index contributed by atoms with van der Waals surface area (Å²) in [6.45, 7) is 2.16. The van der Waals surface area contributed by atoms with Crippen LogP contribution in [0.2, 0.25) is 0 Å². The van der Waals surface area contributed by atoms with Crippen molar-refractivity contribution in [3.63, 3.8) is 0 Å². The molecular weight excluding hydrogens is 346 g/mol. The highest BCUT2D eigenvalue weighted by Gasteiger charge is 2.20. The summed E-state index contributed by atoms with van der Waals surface area (Å²) in [6, 6.07) is 7.96. The average molecular weight is 369 g/mol. The van der Waals surface area contributed by atoms with Crippen LogP contribution in [0.15, 0.2) is 36.5 Å². The van der Waals surface area contributed by atoms with E-state index in [1.165, 1.54) is 31.4 Å². The molecule has 1 heterocycles. The van der Waals surface area contributed by atoms with Crippen LogP contribution >= 0.6 is 0 Å². The van der Waals surface area contributed by atoms with Gasteiger partial charge in [-0.25, -0.2) is 4.98 Å². The van der Waals surface area contributed by atoms with E-state index in [1.807, 2.05) is 0 Å². The summed E-state index contributed by atoms with van der Waals surface area (Å²) in [4.78, 5) is 27.4. The molecule has 1 saturated carbocycles. The number of nitrogens with zero attached hydrogens (tertiary/aromatic N) is 2. The molecule has 1 aliphatic carbocycles. The number of amides is 1. The Labute approximate surface area is 157 Å². The Morgan fingerprint density at radius 2 is 2.04 bits per heavy atom. The zero-order valence-corrected chi connectivity index (χ0v) is 15.3. The zero-order valence-electron chi connectivity index (χ0n) is 15.3. The highest BCUT2D eigenvalue weighted by molar-refractivity contribution is 6.06. The van der Waals surface area contributed by atoms with Gasteiger partial charge in [0.15, 0.2) is 11.6 Å². The third-order valence-electron chi connectivity index (χ3n) is 4.95. The molecule has 7 nitrogen and oxygen atoms in total. The predicted molar refractivity (Wildman–Crippen MR) is 102 cm³/mol. The van der Waals surface area contributed by atoms with Crippen molar-refractivity contribution in [3.05, 3.63) is 57.8 Å². The number of anilines is 1. The molecule has 0 bridgehead atoms. The summed E-state index contributed by atoms with van der Waals surface area (Å²) in [5.41, 5.74) is 0.478. The Morgan fingerprint density at radius 3 is 2.78 bits per heavy atom. The fourth-order valence-corrected chi connectivity index (χ4v) is 3.40. The fraction of sp³-hybridized carbons (Fsp3) is 0.400. The number of carbonyl (C=O) groups excluding carboxylic acids is 1. The second-order valence-electron chi connectivity index (χ2n) is 6.83. The van der Waals surface area contributed by atoms with Crippen molar-refractivity contribution < 1.29 is 14.5 Å². The van der Waals surface area contributed by atoms with Crippen LogP contribution in [0, 0.1) is 23.0 Å². The average Bonchev–Trinajstić information content (AvgIpc) is 2.68. The predicted octanol–water partition coefficient (Wildman–Crippen LogP) is 4.51. The standard InChI is InChI=1S/C20H23N3O4/c1-14-16(9-5-10-17(14)23(25)26)20(24)22-19-18(11-6-12-21-19)27-13-15-7-3-2-4-8-15/h5-6,9-12,15H,2-4,7-8,13H2,1H3,(H,21,22,24). The van der Waals surface area contributed by atoms with Gasteiger partial charge in [0.05, 0.1) is 11.5 Å². The van der Waals surface area contributed by atoms with Crippen LogP contribution < -0.4 is 10.1 Å². The number of nitrogens with one attached hydrogen (secondary N) is 1. The number of nitro groups is 1. The Kier molecular flexibility index (Phi) is 6.01. The van der Waals surface area contributed by atoms with Gasteiger partial charge in [-0.1, -0.05) is 25.3 Å². The van der Waals surface area contributed by atoms with Crippen LogP contribution in [0.5, 0.6) is 5.75 Å². The third kappa shape index (κ3) is 4.61. The van der Waals surface area contributed by atoms with Crippen molar-refractivity contribution in [1.29, 1.82) is 0 Å². The highest BCUT2D eigenvalue weighted by atomic mass is 16.6. The monoisotopic (exact) mass is 369 g/mol. The van der Waals surface area contributed by atoms with Crippen molar-refractivity contribution in [3.8, 4) is 5.75 Å². The van der Waals surface area contributed by atoms with E-state index in [9.17, 15) is 14.9 Å². The summed E-state index contributed by atoms with van der Waals surface area (Å²) in [6.07, 6.45) is 7.65. The van der Waals surface area contributed by atoms with Crippen molar-refractivity contribution in [2.24, 2.45) is 5.92 Å². The van der Waals surface area contributed by atoms with Crippen LogP contribution in [0.4, 0.5) is 11.5 Å². The van der Waals surface area contributed by atoms with E-state index in [0.29, 0.717) is 29.7 Å². The maximum absolute atomic E-state index is 12.6. The molecule has 0 aliphatic heterocycles. The minimum absolute atomic E-state index is 0.0857. The first-order chi connectivity index (χ1) is 13.1. The Hall–Kier alpha value is -2.96. The van der Waals surface area contributed by atoms with E-state index < -0.39 is 10.8 Å². The van der Waals surface area contributed by atoms with Crippen LogP contribution in [0.1, 0.15) is 48.0 Å². The van der Waals surface area contributed by atoms with E-state index in [2.05, 4.69) is 10.3 Å². The summed E-state index contributed by atoms with van der Waals surface area (Å²) in [5.74, 6) is 0.919. The topological polar surface area (TPSA) is 94.4 Å². The SMILES string of the molecule is Cc1c(C(=O)Nc2ncccc2OCC2CCCCC2)cccc1[N+](=O)[O-]. The zero-order chi connectivity index (χ0) is 19.2. The van der Waals surface area contributed by atoms with Crippen LogP contribution in [-0.4, -0.2) is 22.4 Å². The van der Waals surface area contributed by atoms with Gasteiger partial charge < -0.3 is 10.1 Å². The normalized spacial score (nSPS) is 14.6. The van der Waals surface area contributed by atoms with Gasteiger partial charge in [-0.05, 0) is 43.9 Å². The number of ether oxygens (including phenoxy) is 1. The number of aromatic nitrogens is 1. The molecule has 1 N–H and O–H groups in total. The van der Waals surface area contributed by atoms with Crippen molar-refractivity contribution in [2.45, 2.75) is 39.0 Å². The van der Waals surface area contributed by atoms with Crippen molar-refractivity contribution in [1.82, 2.24) is 4.98 Å². The van der Waals surface area contributed by atoms with E-state index >= 15 is 0 Å². The van der Waals surface area contributed by atoms with Crippen molar-refractivity contribution in [2.75, 3.05) is 11.9 Å². The number of hydrogen-bond acceptors (Lipinski definition) is 5. The summed E-state index contributed by atoms with van der Waals surface area (Å²) in [7, 11) is 0. The molecule has 0 radical (unpaired) electrons. The molecule has 0 unspecified atom stereocenters. The molecule has 1 aliphatic rings.